The van der Waals surface area contributed by atoms with Crippen LogP contribution in [-0.4, -0.2) is 35.8 Å². The van der Waals surface area contributed by atoms with Crippen LogP contribution in [-0.2, 0) is 4.79 Å². The van der Waals surface area contributed by atoms with Crippen LogP contribution >= 0.6 is 24.0 Å². The monoisotopic (exact) mass is 384 g/mol. The lowest BCUT2D eigenvalue weighted by molar-refractivity contribution is -0.114. The van der Waals surface area contributed by atoms with Crippen LogP contribution in [0.4, 0.5) is 5.69 Å². The van der Waals surface area contributed by atoms with E-state index in [1.807, 2.05) is 74.8 Å². The standard InChI is InChI=1S/C20H20N2O2S2/c1-4-24-16-9-7-15(8-10-16)22-19(23)18(21(2)20(22)25)13-14-5-11-17(26-3)12-6-14/h5-13H,4H2,1-3H3/b18-13-. The highest BCUT2D eigenvalue weighted by atomic mass is 32.2. The summed E-state index contributed by atoms with van der Waals surface area (Å²) in [5, 5.41) is 0.464. The highest BCUT2D eigenvalue weighted by Gasteiger charge is 2.36. The zero-order valence-electron chi connectivity index (χ0n) is 14.9. The second-order valence-corrected chi connectivity index (χ2v) is 6.96. The number of thiocarbonyl (C=S) groups is 1. The predicted molar refractivity (Wildman–Crippen MR) is 112 cm³/mol. The second-order valence-electron chi connectivity index (χ2n) is 5.71. The van der Waals surface area contributed by atoms with Gasteiger partial charge >= 0.3 is 0 Å². The molecule has 26 heavy (non-hydrogen) atoms. The lowest BCUT2D eigenvalue weighted by Crippen LogP contribution is -2.31. The maximum Gasteiger partial charge on any atom is 0.281 e. The quantitative estimate of drug-likeness (QED) is 0.433. The smallest absolute Gasteiger partial charge is 0.281 e. The third-order valence-corrected chi connectivity index (χ3v) is 5.29. The number of benzene rings is 2. The van der Waals surface area contributed by atoms with Crippen molar-refractivity contribution in [2.24, 2.45) is 0 Å². The number of rotatable bonds is 5. The average molecular weight is 385 g/mol. The zero-order valence-corrected chi connectivity index (χ0v) is 16.6. The van der Waals surface area contributed by atoms with Crippen LogP contribution in [0, 0.1) is 0 Å². The van der Waals surface area contributed by atoms with E-state index >= 15 is 0 Å². The first kappa shape index (κ1) is 18.5. The number of carbonyl (C=O) groups is 1. The minimum Gasteiger partial charge on any atom is -0.494 e. The molecule has 3 rings (SSSR count). The van der Waals surface area contributed by atoms with Gasteiger partial charge < -0.3 is 9.64 Å². The third kappa shape index (κ3) is 3.61. The van der Waals surface area contributed by atoms with E-state index in [0.717, 1.165) is 17.0 Å². The van der Waals surface area contributed by atoms with E-state index in [1.54, 1.807) is 21.6 Å². The molecule has 6 heteroatoms. The predicted octanol–water partition coefficient (Wildman–Crippen LogP) is 4.41. The van der Waals surface area contributed by atoms with Crippen molar-refractivity contribution in [1.82, 2.24) is 4.90 Å². The van der Waals surface area contributed by atoms with Crippen molar-refractivity contribution in [1.29, 1.82) is 0 Å². The molecule has 0 atom stereocenters. The maximum atomic E-state index is 13.0. The lowest BCUT2D eigenvalue weighted by atomic mass is 10.2. The molecule has 0 spiro atoms. The molecule has 2 aromatic rings. The largest absolute Gasteiger partial charge is 0.494 e. The van der Waals surface area contributed by atoms with Gasteiger partial charge in [0.1, 0.15) is 11.4 Å². The molecule has 0 aliphatic carbocycles. The first-order chi connectivity index (χ1) is 12.5. The van der Waals surface area contributed by atoms with Crippen molar-refractivity contribution in [3.8, 4) is 5.75 Å². The fourth-order valence-corrected chi connectivity index (χ4v) is 3.40. The van der Waals surface area contributed by atoms with E-state index in [1.165, 1.54) is 4.90 Å². The Bertz CT molecular complexity index is 845. The molecule has 0 N–H and O–H groups in total. The SMILES string of the molecule is CCOc1ccc(N2C(=O)/C(=C/c3ccc(SC)cc3)N(C)C2=S)cc1. The molecule has 0 saturated carbocycles. The summed E-state index contributed by atoms with van der Waals surface area (Å²) in [4.78, 5) is 17.4. The first-order valence-corrected chi connectivity index (χ1v) is 9.89. The molecule has 1 amide bonds. The Balaban J connectivity index is 1.89. The molecule has 134 valence electrons. The molecular weight excluding hydrogens is 364 g/mol. The van der Waals surface area contributed by atoms with E-state index < -0.39 is 0 Å². The van der Waals surface area contributed by atoms with Crippen LogP contribution < -0.4 is 9.64 Å². The molecule has 1 saturated heterocycles. The van der Waals surface area contributed by atoms with Crippen molar-refractivity contribution in [3.05, 3.63) is 59.8 Å². The Morgan fingerprint density at radius 3 is 2.35 bits per heavy atom. The number of anilines is 1. The van der Waals surface area contributed by atoms with Gasteiger partial charge in [0, 0.05) is 11.9 Å². The zero-order chi connectivity index (χ0) is 18.7. The molecular formula is C20H20N2O2S2. The van der Waals surface area contributed by atoms with Gasteiger partial charge in [-0.3, -0.25) is 9.69 Å². The van der Waals surface area contributed by atoms with Gasteiger partial charge in [-0.1, -0.05) is 12.1 Å². The Hall–Kier alpha value is -2.31. The van der Waals surface area contributed by atoms with Crippen LogP contribution in [0.15, 0.2) is 59.1 Å². The second kappa shape index (κ2) is 7.93. The third-order valence-electron chi connectivity index (χ3n) is 4.09. The van der Waals surface area contributed by atoms with Gasteiger partial charge in [-0.25, -0.2) is 0 Å². The normalized spacial score (nSPS) is 15.9. The molecule has 4 nitrogen and oxygen atoms in total. The fourth-order valence-electron chi connectivity index (χ4n) is 2.70. The van der Waals surface area contributed by atoms with Gasteiger partial charge in [-0.15, -0.1) is 11.8 Å². The van der Waals surface area contributed by atoms with E-state index in [0.29, 0.717) is 17.4 Å². The van der Waals surface area contributed by atoms with Crippen LogP contribution in [0.2, 0.25) is 0 Å². The molecule has 2 aromatic carbocycles. The van der Waals surface area contributed by atoms with Gasteiger partial charge in [0.2, 0.25) is 0 Å². The van der Waals surface area contributed by atoms with Crippen molar-refractivity contribution in [2.45, 2.75) is 11.8 Å². The maximum absolute atomic E-state index is 13.0. The number of ether oxygens (including phenoxy) is 1. The van der Waals surface area contributed by atoms with Gasteiger partial charge in [-0.2, -0.15) is 0 Å². The molecule has 1 heterocycles. The highest BCUT2D eigenvalue weighted by molar-refractivity contribution is 7.98. The Morgan fingerprint density at radius 2 is 1.77 bits per heavy atom. The van der Waals surface area contributed by atoms with Crippen LogP contribution in [0.1, 0.15) is 12.5 Å². The molecule has 0 unspecified atom stereocenters. The Morgan fingerprint density at radius 1 is 1.12 bits per heavy atom. The summed E-state index contributed by atoms with van der Waals surface area (Å²) >= 11 is 7.18. The van der Waals surface area contributed by atoms with E-state index in [4.69, 9.17) is 17.0 Å². The number of hydrogen-bond acceptors (Lipinski definition) is 4. The number of amides is 1. The summed E-state index contributed by atoms with van der Waals surface area (Å²) in [5.74, 6) is 0.641. The van der Waals surface area contributed by atoms with Gasteiger partial charge in [0.25, 0.3) is 5.91 Å². The molecule has 0 radical (unpaired) electrons. The van der Waals surface area contributed by atoms with Crippen LogP contribution in [0.5, 0.6) is 5.75 Å². The topological polar surface area (TPSA) is 32.8 Å². The number of hydrogen-bond donors (Lipinski definition) is 0. The molecule has 1 aliphatic heterocycles. The van der Waals surface area contributed by atoms with Crippen molar-refractivity contribution in [3.63, 3.8) is 0 Å². The van der Waals surface area contributed by atoms with E-state index in [9.17, 15) is 4.79 Å². The number of likely N-dealkylation sites (N-methyl/N-ethyl adjacent to an activating group) is 1. The van der Waals surface area contributed by atoms with Gasteiger partial charge in [0.15, 0.2) is 5.11 Å². The molecule has 0 bridgehead atoms. The first-order valence-electron chi connectivity index (χ1n) is 8.26. The molecule has 0 aromatic heterocycles. The van der Waals surface area contributed by atoms with E-state index in [2.05, 4.69) is 0 Å². The van der Waals surface area contributed by atoms with Crippen molar-refractivity contribution >= 4 is 46.8 Å². The van der Waals surface area contributed by atoms with Gasteiger partial charge in [-0.05, 0) is 73.4 Å². The van der Waals surface area contributed by atoms with Crippen molar-refractivity contribution in [2.75, 3.05) is 24.8 Å². The summed E-state index contributed by atoms with van der Waals surface area (Å²) in [7, 11) is 1.82. The summed E-state index contributed by atoms with van der Waals surface area (Å²) in [6.07, 6.45) is 3.90. The highest BCUT2D eigenvalue weighted by Crippen LogP contribution is 2.29. The Kier molecular flexibility index (Phi) is 5.64. The number of nitrogens with zero attached hydrogens (tertiary/aromatic N) is 2. The molecule has 1 fully saturated rings. The van der Waals surface area contributed by atoms with Crippen LogP contribution in [0.3, 0.4) is 0 Å². The summed E-state index contributed by atoms with van der Waals surface area (Å²) in [5.41, 5.74) is 2.26. The average Bonchev–Trinajstić information content (AvgIpc) is 2.87. The molecule has 1 aliphatic rings. The van der Waals surface area contributed by atoms with Gasteiger partial charge in [0.05, 0.1) is 12.3 Å². The summed E-state index contributed by atoms with van der Waals surface area (Å²) in [6, 6.07) is 15.5. The number of thioether (sulfide) groups is 1. The minimum atomic E-state index is -0.129. The fraction of sp³-hybridized carbons (Fsp3) is 0.200. The Labute approximate surface area is 163 Å². The number of carbonyl (C=O) groups excluding carboxylic acids is 1. The minimum absolute atomic E-state index is 0.129. The lowest BCUT2D eigenvalue weighted by Gasteiger charge is -2.16. The van der Waals surface area contributed by atoms with Crippen molar-refractivity contribution < 1.29 is 9.53 Å². The summed E-state index contributed by atoms with van der Waals surface area (Å²) in [6.45, 7) is 2.54. The summed E-state index contributed by atoms with van der Waals surface area (Å²) < 4.78 is 5.46. The van der Waals surface area contributed by atoms with E-state index in [-0.39, 0.29) is 5.91 Å². The van der Waals surface area contributed by atoms with Crippen LogP contribution in [0.25, 0.3) is 6.08 Å².